The highest BCUT2D eigenvalue weighted by molar-refractivity contribution is 5.97. The third-order valence-electron chi connectivity index (χ3n) is 11.8. The van der Waals surface area contributed by atoms with E-state index >= 15 is 0 Å². The lowest BCUT2D eigenvalue weighted by Crippen LogP contribution is -2.42. The first-order chi connectivity index (χ1) is 28.8. The average molecular weight is 742 g/mol. The maximum Gasteiger partial charge on any atom is 0.0783 e. The number of anilines is 9. The van der Waals surface area contributed by atoms with Crippen LogP contribution in [-0.2, 0) is 5.41 Å². The van der Waals surface area contributed by atoms with Crippen LogP contribution in [0.5, 0.6) is 0 Å². The van der Waals surface area contributed by atoms with E-state index in [9.17, 15) is 0 Å². The van der Waals surface area contributed by atoms with E-state index in [1.807, 2.05) is 0 Å². The molecule has 0 saturated heterocycles. The smallest absolute Gasteiger partial charge is 0.0783 e. The van der Waals surface area contributed by atoms with Crippen molar-refractivity contribution >= 4 is 51.2 Å². The van der Waals surface area contributed by atoms with Gasteiger partial charge in [-0.15, -0.1) is 0 Å². The maximum atomic E-state index is 2.47. The van der Waals surface area contributed by atoms with Crippen molar-refractivity contribution in [1.29, 1.82) is 0 Å². The van der Waals surface area contributed by atoms with Gasteiger partial charge in [0.2, 0.25) is 0 Å². The molecule has 0 aromatic heterocycles. The lowest BCUT2D eigenvalue weighted by molar-refractivity contribution is 0.719. The summed E-state index contributed by atoms with van der Waals surface area (Å²) in [5.74, 6) is 0. The molecule has 0 atom stereocenters. The number of nitrogens with zero attached hydrogens (tertiary/aromatic N) is 3. The van der Waals surface area contributed by atoms with Gasteiger partial charge in [0.05, 0.1) is 28.2 Å². The zero-order chi connectivity index (χ0) is 38.5. The fourth-order valence-corrected chi connectivity index (χ4v) is 9.41. The Kier molecular flexibility index (Phi) is 8.04. The quantitative estimate of drug-likeness (QED) is 0.168. The number of para-hydroxylation sites is 7. The summed E-state index contributed by atoms with van der Waals surface area (Å²) in [5, 5.41) is 0. The Hall–Kier alpha value is -7.62. The standard InChI is InChI=1S/C55H39N3/c1-5-19-42(20-6-1)56(43-21-7-2-8-22-43)46-36-33-40(34-37-46)41-35-38-54-50(39-41)55(49-29-15-18-32-53(49)58(54)45-25-11-4-12-26-45)47-27-13-16-30-51(47)57(44-23-9-3-10-24-44)52-31-17-14-28-48(52)55/h1-39H. The Morgan fingerprint density at radius 1 is 0.276 bits per heavy atom. The van der Waals surface area contributed by atoms with Crippen molar-refractivity contribution in [2.45, 2.75) is 5.41 Å². The van der Waals surface area contributed by atoms with Gasteiger partial charge in [0.15, 0.2) is 0 Å². The molecule has 2 aliphatic rings. The second kappa shape index (κ2) is 13.8. The summed E-state index contributed by atoms with van der Waals surface area (Å²) in [7, 11) is 0. The van der Waals surface area contributed by atoms with Crippen molar-refractivity contribution in [1.82, 2.24) is 0 Å². The van der Waals surface area contributed by atoms with Gasteiger partial charge < -0.3 is 14.7 Å². The third kappa shape index (κ3) is 5.21. The van der Waals surface area contributed by atoms with E-state index in [-0.39, 0.29) is 0 Å². The lowest BCUT2D eigenvalue weighted by Gasteiger charge is -2.51. The van der Waals surface area contributed by atoms with Crippen LogP contribution in [-0.4, -0.2) is 0 Å². The molecule has 0 amide bonds. The Labute approximate surface area is 340 Å². The lowest BCUT2D eigenvalue weighted by atomic mass is 9.60. The number of fused-ring (bicyclic) bond motifs is 8. The fraction of sp³-hybridized carbons (Fsp3) is 0.0182. The molecule has 2 heterocycles. The van der Waals surface area contributed by atoms with Crippen LogP contribution in [0, 0.1) is 0 Å². The second-order valence-corrected chi connectivity index (χ2v) is 14.9. The van der Waals surface area contributed by atoms with Crippen LogP contribution >= 0.6 is 0 Å². The summed E-state index contributed by atoms with van der Waals surface area (Å²) >= 11 is 0. The molecule has 0 bridgehead atoms. The third-order valence-corrected chi connectivity index (χ3v) is 11.8. The first kappa shape index (κ1) is 33.7. The van der Waals surface area contributed by atoms with Gasteiger partial charge in [0.25, 0.3) is 0 Å². The zero-order valence-corrected chi connectivity index (χ0v) is 31.9. The molecule has 0 N–H and O–H groups in total. The van der Waals surface area contributed by atoms with Crippen LogP contribution in [0.15, 0.2) is 237 Å². The second-order valence-electron chi connectivity index (χ2n) is 14.9. The van der Waals surface area contributed by atoms with Crippen molar-refractivity contribution in [3.05, 3.63) is 259 Å². The Morgan fingerprint density at radius 2 is 0.621 bits per heavy atom. The largest absolute Gasteiger partial charge is 0.311 e. The molecule has 9 aromatic carbocycles. The molecule has 0 unspecified atom stereocenters. The highest BCUT2D eigenvalue weighted by atomic mass is 15.2. The van der Waals surface area contributed by atoms with E-state index in [0.717, 1.165) is 34.0 Å². The SMILES string of the molecule is c1ccc(N(c2ccccc2)c2ccc(-c3ccc4c(c3)C3(c5ccccc5N(c5ccccc5)c5ccccc53)c3ccccc3N4c3ccccc3)cc2)cc1. The normalized spacial score (nSPS) is 13.2. The summed E-state index contributed by atoms with van der Waals surface area (Å²) < 4.78 is 0. The maximum absolute atomic E-state index is 2.47. The molecule has 1 spiro atoms. The average Bonchev–Trinajstić information content (AvgIpc) is 3.30. The molecular formula is C55H39N3. The minimum atomic E-state index is -0.622. The van der Waals surface area contributed by atoms with Crippen molar-refractivity contribution < 1.29 is 0 Å². The highest BCUT2D eigenvalue weighted by Gasteiger charge is 2.51. The van der Waals surface area contributed by atoms with Gasteiger partial charge in [-0.25, -0.2) is 0 Å². The molecule has 0 saturated carbocycles. The Morgan fingerprint density at radius 3 is 1.07 bits per heavy atom. The van der Waals surface area contributed by atoms with Crippen LogP contribution in [0.2, 0.25) is 0 Å². The number of rotatable bonds is 6. The van der Waals surface area contributed by atoms with Gasteiger partial charge in [-0.2, -0.15) is 0 Å². The predicted molar refractivity (Wildman–Crippen MR) is 241 cm³/mol. The van der Waals surface area contributed by atoms with Crippen LogP contribution in [0.4, 0.5) is 51.2 Å². The van der Waals surface area contributed by atoms with E-state index in [4.69, 9.17) is 0 Å². The van der Waals surface area contributed by atoms with Gasteiger partial charge in [0, 0.05) is 28.4 Å². The molecule has 9 aromatic rings. The molecule has 58 heavy (non-hydrogen) atoms. The molecular weight excluding hydrogens is 703 g/mol. The minimum Gasteiger partial charge on any atom is -0.311 e. The van der Waals surface area contributed by atoms with Crippen LogP contribution in [0.3, 0.4) is 0 Å². The number of hydrogen-bond acceptors (Lipinski definition) is 3. The number of hydrogen-bond donors (Lipinski definition) is 0. The summed E-state index contributed by atoms with van der Waals surface area (Å²) in [4.78, 5) is 7.21. The van der Waals surface area contributed by atoms with Gasteiger partial charge in [0.1, 0.15) is 0 Å². The van der Waals surface area contributed by atoms with E-state index < -0.39 is 5.41 Å². The van der Waals surface area contributed by atoms with E-state index in [0.29, 0.717) is 0 Å². The Bertz CT molecular complexity index is 2750. The van der Waals surface area contributed by atoms with E-state index in [2.05, 4.69) is 251 Å². The van der Waals surface area contributed by atoms with Crippen molar-refractivity contribution in [2.24, 2.45) is 0 Å². The van der Waals surface area contributed by atoms with Crippen molar-refractivity contribution in [2.75, 3.05) is 14.7 Å². The van der Waals surface area contributed by atoms with Crippen molar-refractivity contribution in [3.8, 4) is 11.1 Å². The molecule has 3 heteroatoms. The van der Waals surface area contributed by atoms with Crippen molar-refractivity contribution in [3.63, 3.8) is 0 Å². The minimum absolute atomic E-state index is 0.622. The predicted octanol–water partition coefficient (Wildman–Crippen LogP) is 14.8. The molecule has 0 radical (unpaired) electrons. The van der Waals surface area contributed by atoms with Gasteiger partial charge >= 0.3 is 0 Å². The first-order valence-electron chi connectivity index (χ1n) is 19.9. The summed E-state index contributed by atoms with van der Waals surface area (Å²) in [6, 6.07) is 86.0. The summed E-state index contributed by atoms with van der Waals surface area (Å²) in [5.41, 5.74) is 17.1. The van der Waals surface area contributed by atoms with Gasteiger partial charge in [-0.1, -0.05) is 146 Å². The zero-order valence-electron chi connectivity index (χ0n) is 31.9. The van der Waals surface area contributed by atoms with Crippen LogP contribution in [0.1, 0.15) is 22.3 Å². The molecule has 11 rings (SSSR count). The van der Waals surface area contributed by atoms with Gasteiger partial charge in [-0.05, 0) is 124 Å². The van der Waals surface area contributed by atoms with E-state index in [1.54, 1.807) is 0 Å². The topological polar surface area (TPSA) is 9.72 Å². The van der Waals surface area contributed by atoms with E-state index in [1.165, 1.54) is 50.6 Å². The fourth-order valence-electron chi connectivity index (χ4n) is 9.41. The monoisotopic (exact) mass is 741 g/mol. The molecule has 0 aliphatic carbocycles. The molecule has 0 fully saturated rings. The van der Waals surface area contributed by atoms with Gasteiger partial charge in [-0.3, -0.25) is 0 Å². The summed E-state index contributed by atoms with van der Waals surface area (Å²) in [6.07, 6.45) is 0. The molecule has 274 valence electrons. The van der Waals surface area contributed by atoms with Crippen LogP contribution in [0.25, 0.3) is 11.1 Å². The van der Waals surface area contributed by atoms with Crippen LogP contribution < -0.4 is 14.7 Å². The molecule has 2 aliphatic heterocycles. The molecule has 3 nitrogen and oxygen atoms in total. The Balaban J connectivity index is 1.16. The number of benzene rings is 9. The first-order valence-corrected chi connectivity index (χ1v) is 19.9. The highest BCUT2D eigenvalue weighted by Crippen LogP contribution is 2.64. The summed E-state index contributed by atoms with van der Waals surface area (Å²) in [6.45, 7) is 0.